The molecule has 2 N–H and O–H groups in total. The average Bonchev–Trinajstić information content (AvgIpc) is 2.77. The van der Waals surface area contributed by atoms with Gasteiger partial charge in [0, 0.05) is 38.6 Å². The highest BCUT2D eigenvalue weighted by Gasteiger charge is 2.28. The summed E-state index contributed by atoms with van der Waals surface area (Å²) in [4.78, 5) is 23.2. The first-order valence-electron chi connectivity index (χ1n) is 10.5. The lowest BCUT2D eigenvalue weighted by molar-refractivity contribution is 0.0954. The summed E-state index contributed by atoms with van der Waals surface area (Å²) < 4.78 is 0. The number of nitrogens with one attached hydrogen (secondary N) is 2. The number of nitrogens with zero attached hydrogens (tertiary/aromatic N) is 3. The molecule has 3 rings (SSSR count). The number of amides is 1. The Bertz CT molecular complexity index is 793. The van der Waals surface area contributed by atoms with Crippen molar-refractivity contribution in [3.63, 3.8) is 0 Å². The van der Waals surface area contributed by atoms with Gasteiger partial charge in [0.25, 0.3) is 5.91 Å². The molecule has 2 unspecified atom stereocenters. The van der Waals surface area contributed by atoms with Gasteiger partial charge >= 0.3 is 0 Å². The predicted octanol–water partition coefficient (Wildman–Crippen LogP) is 2.90. The molecular weight excluding hydrogens is 362 g/mol. The van der Waals surface area contributed by atoms with Crippen LogP contribution in [0.25, 0.3) is 0 Å². The van der Waals surface area contributed by atoms with Gasteiger partial charge in [-0.15, -0.1) is 0 Å². The van der Waals surface area contributed by atoms with Crippen LogP contribution in [0.5, 0.6) is 0 Å². The van der Waals surface area contributed by atoms with Crippen LogP contribution >= 0.6 is 0 Å². The third kappa shape index (κ3) is 5.79. The first-order chi connectivity index (χ1) is 14.2. The number of hydrogen-bond acceptors (Lipinski definition) is 3. The van der Waals surface area contributed by atoms with Crippen molar-refractivity contribution in [3.05, 3.63) is 66.0 Å². The van der Waals surface area contributed by atoms with Crippen LogP contribution in [0, 0.1) is 5.92 Å². The number of hydrogen-bond donors (Lipinski definition) is 2. The molecular formula is C23H31N5O. The van der Waals surface area contributed by atoms with Crippen LogP contribution in [-0.2, 0) is 0 Å². The molecule has 1 amide bonds. The maximum atomic E-state index is 12.1. The quantitative estimate of drug-likeness (QED) is 0.450. The second kappa shape index (κ2) is 10.6. The minimum Gasteiger partial charge on any atom is -0.357 e. The van der Waals surface area contributed by atoms with Gasteiger partial charge in [-0.3, -0.25) is 14.8 Å². The lowest BCUT2D eigenvalue weighted by Gasteiger charge is -2.39. The molecule has 0 saturated carbocycles. The molecule has 6 heteroatoms. The highest BCUT2D eigenvalue weighted by Crippen LogP contribution is 2.32. The summed E-state index contributed by atoms with van der Waals surface area (Å²) in [7, 11) is 0. The molecule has 2 atom stereocenters. The van der Waals surface area contributed by atoms with E-state index in [1.165, 1.54) is 5.56 Å². The zero-order valence-corrected chi connectivity index (χ0v) is 17.3. The van der Waals surface area contributed by atoms with Gasteiger partial charge in [0.05, 0.1) is 12.1 Å². The number of rotatable bonds is 6. The van der Waals surface area contributed by atoms with E-state index < -0.39 is 0 Å². The minimum absolute atomic E-state index is 0.115. The molecule has 154 valence electrons. The number of carbonyl (C=O) groups is 1. The number of aromatic nitrogens is 1. The number of benzene rings is 1. The summed E-state index contributed by atoms with van der Waals surface area (Å²) in [5.41, 5.74) is 2.00. The van der Waals surface area contributed by atoms with Crippen LogP contribution in [0.2, 0.25) is 0 Å². The normalized spacial score (nSPS) is 19.7. The van der Waals surface area contributed by atoms with Gasteiger partial charge in [-0.25, -0.2) is 0 Å². The van der Waals surface area contributed by atoms with E-state index in [1.54, 1.807) is 24.5 Å². The van der Waals surface area contributed by atoms with Crippen molar-refractivity contribution in [1.82, 2.24) is 20.5 Å². The van der Waals surface area contributed by atoms with E-state index in [9.17, 15) is 4.79 Å². The van der Waals surface area contributed by atoms with E-state index in [0.717, 1.165) is 32.0 Å². The van der Waals surface area contributed by atoms with Crippen molar-refractivity contribution in [2.45, 2.75) is 26.2 Å². The number of pyridine rings is 1. The van der Waals surface area contributed by atoms with Crippen LogP contribution in [0.1, 0.15) is 42.1 Å². The lowest BCUT2D eigenvalue weighted by atomic mass is 9.82. The van der Waals surface area contributed by atoms with E-state index in [4.69, 9.17) is 4.99 Å². The van der Waals surface area contributed by atoms with Crippen molar-refractivity contribution in [3.8, 4) is 0 Å². The van der Waals surface area contributed by atoms with Gasteiger partial charge in [0.1, 0.15) is 0 Å². The topological polar surface area (TPSA) is 69.6 Å². The highest BCUT2D eigenvalue weighted by molar-refractivity contribution is 5.93. The predicted molar refractivity (Wildman–Crippen MR) is 117 cm³/mol. The Kier molecular flexibility index (Phi) is 7.61. The van der Waals surface area contributed by atoms with E-state index >= 15 is 0 Å². The van der Waals surface area contributed by atoms with Crippen molar-refractivity contribution in [2.75, 3.05) is 32.7 Å². The van der Waals surface area contributed by atoms with Crippen LogP contribution in [0.15, 0.2) is 59.9 Å². The van der Waals surface area contributed by atoms with Crippen LogP contribution in [-0.4, -0.2) is 54.5 Å². The molecule has 1 saturated heterocycles. The summed E-state index contributed by atoms with van der Waals surface area (Å²) in [5, 5.41) is 6.30. The maximum absolute atomic E-state index is 12.1. The fourth-order valence-corrected chi connectivity index (χ4v) is 3.89. The molecule has 2 aromatic rings. The Morgan fingerprint density at radius 1 is 1.21 bits per heavy atom. The van der Waals surface area contributed by atoms with Gasteiger partial charge < -0.3 is 15.5 Å². The molecule has 0 aliphatic carbocycles. The minimum atomic E-state index is -0.115. The molecule has 2 heterocycles. The average molecular weight is 394 g/mol. The van der Waals surface area contributed by atoms with Crippen molar-refractivity contribution in [1.29, 1.82) is 0 Å². The van der Waals surface area contributed by atoms with Gasteiger partial charge in [0.2, 0.25) is 0 Å². The Morgan fingerprint density at radius 2 is 2.03 bits per heavy atom. The second-order valence-electron chi connectivity index (χ2n) is 7.46. The van der Waals surface area contributed by atoms with E-state index in [1.807, 2.05) is 0 Å². The standard InChI is InChI=1S/C23H31N5O/c1-3-25-23(27-14-13-26-22(29)20-10-7-12-24-16-20)28-15-11-21(18(2)17-28)19-8-5-4-6-9-19/h4-10,12,16,18,21H,3,11,13-15,17H2,1-2H3,(H,25,27)(H,26,29). The molecule has 1 aliphatic rings. The first-order valence-corrected chi connectivity index (χ1v) is 10.5. The van der Waals surface area contributed by atoms with Gasteiger partial charge in [-0.2, -0.15) is 0 Å². The summed E-state index contributed by atoms with van der Waals surface area (Å²) in [6, 6.07) is 14.3. The SMILES string of the molecule is CCNC(=NCCNC(=O)c1cccnc1)N1CCC(c2ccccc2)C(C)C1. The molecule has 1 fully saturated rings. The van der Waals surface area contributed by atoms with Crippen molar-refractivity contribution >= 4 is 11.9 Å². The number of guanidine groups is 1. The number of aliphatic imine (C=N–C) groups is 1. The van der Waals surface area contributed by atoms with Crippen molar-refractivity contribution in [2.24, 2.45) is 10.9 Å². The maximum Gasteiger partial charge on any atom is 0.252 e. The van der Waals surface area contributed by atoms with Crippen LogP contribution < -0.4 is 10.6 Å². The summed E-state index contributed by atoms with van der Waals surface area (Å²) in [6.07, 6.45) is 4.35. The molecule has 6 nitrogen and oxygen atoms in total. The van der Waals surface area contributed by atoms with E-state index in [-0.39, 0.29) is 5.91 Å². The van der Waals surface area contributed by atoms with Crippen molar-refractivity contribution < 1.29 is 4.79 Å². The van der Waals surface area contributed by atoms with Gasteiger partial charge in [0.15, 0.2) is 5.96 Å². The number of likely N-dealkylation sites (tertiary alicyclic amines) is 1. The number of carbonyl (C=O) groups excluding carboxylic acids is 1. The third-order valence-electron chi connectivity index (χ3n) is 5.35. The molecule has 0 radical (unpaired) electrons. The Balaban J connectivity index is 1.53. The van der Waals surface area contributed by atoms with Crippen LogP contribution in [0.4, 0.5) is 0 Å². The number of piperidine rings is 1. The fourth-order valence-electron chi connectivity index (χ4n) is 3.89. The van der Waals surface area contributed by atoms with Crippen LogP contribution in [0.3, 0.4) is 0 Å². The summed E-state index contributed by atoms with van der Waals surface area (Å²) in [5.74, 6) is 1.96. The molecule has 1 aromatic carbocycles. The highest BCUT2D eigenvalue weighted by atomic mass is 16.1. The van der Waals surface area contributed by atoms with Gasteiger partial charge in [-0.1, -0.05) is 37.3 Å². The Morgan fingerprint density at radius 3 is 2.72 bits per heavy atom. The summed E-state index contributed by atoms with van der Waals surface area (Å²) in [6.45, 7) is 8.24. The van der Waals surface area contributed by atoms with E-state index in [2.05, 4.69) is 64.7 Å². The molecule has 29 heavy (non-hydrogen) atoms. The van der Waals surface area contributed by atoms with E-state index in [0.29, 0.717) is 30.5 Å². The molecule has 1 aliphatic heterocycles. The largest absolute Gasteiger partial charge is 0.357 e. The Labute approximate surface area is 173 Å². The molecule has 1 aromatic heterocycles. The smallest absolute Gasteiger partial charge is 0.252 e. The monoisotopic (exact) mass is 393 g/mol. The third-order valence-corrected chi connectivity index (χ3v) is 5.35. The zero-order valence-electron chi connectivity index (χ0n) is 17.3. The van der Waals surface area contributed by atoms with Gasteiger partial charge in [-0.05, 0) is 42.9 Å². The first kappa shape index (κ1) is 20.8. The Hall–Kier alpha value is -2.89. The summed E-state index contributed by atoms with van der Waals surface area (Å²) >= 11 is 0. The lowest BCUT2D eigenvalue weighted by Crippen LogP contribution is -2.48. The molecule has 0 bridgehead atoms. The second-order valence-corrected chi connectivity index (χ2v) is 7.46. The fraction of sp³-hybridized carbons (Fsp3) is 0.435. The zero-order chi connectivity index (χ0) is 20.5. The molecule has 0 spiro atoms.